The fourth-order valence-corrected chi connectivity index (χ4v) is 3.47. The molecule has 0 aromatic heterocycles. The van der Waals surface area contributed by atoms with Crippen LogP contribution in [0.1, 0.15) is 26.3 Å². The number of hydrazone groups is 1. The first kappa shape index (κ1) is 22.9. The summed E-state index contributed by atoms with van der Waals surface area (Å²) in [6, 6.07) is 18.4. The fraction of sp³-hybridized carbons (Fsp3) is 0.160. The molecule has 4 rings (SSSR count). The molecule has 9 heteroatoms. The number of nitrogens with two attached hydrogens (primary N) is 1. The predicted octanol–water partition coefficient (Wildman–Crippen LogP) is 3.46. The number of hydrogen-bond acceptors (Lipinski definition) is 6. The number of benzene rings is 3. The van der Waals surface area contributed by atoms with Gasteiger partial charge in [0.1, 0.15) is 5.82 Å². The van der Waals surface area contributed by atoms with E-state index >= 15 is 0 Å². The lowest BCUT2D eigenvalue weighted by Gasteiger charge is -2.28. The average molecular weight is 461 g/mol. The summed E-state index contributed by atoms with van der Waals surface area (Å²) in [5.41, 5.74) is 11.0. The number of morpholine rings is 1. The molecule has 1 aliphatic heterocycles. The minimum Gasteiger partial charge on any atom is -0.378 e. The zero-order chi connectivity index (χ0) is 23.9. The van der Waals surface area contributed by atoms with Crippen LogP contribution in [0.3, 0.4) is 0 Å². The van der Waals surface area contributed by atoms with Crippen LogP contribution < -0.4 is 21.4 Å². The van der Waals surface area contributed by atoms with Crippen LogP contribution in [-0.4, -0.2) is 44.3 Å². The molecule has 1 aliphatic rings. The zero-order valence-corrected chi connectivity index (χ0v) is 18.3. The first-order valence-electron chi connectivity index (χ1n) is 10.7. The third-order valence-electron chi connectivity index (χ3n) is 5.31. The summed E-state index contributed by atoms with van der Waals surface area (Å²) in [5, 5.41) is 6.89. The van der Waals surface area contributed by atoms with E-state index in [2.05, 4.69) is 20.7 Å². The SMILES string of the molecule is NC(=O)c1ccc(/C=N/Nc2cccc(C(=O)Nc3ccc(N4CCOCC4)cc3)c2)c(F)c1. The van der Waals surface area contributed by atoms with Gasteiger partial charge in [-0.25, -0.2) is 4.39 Å². The lowest BCUT2D eigenvalue weighted by Crippen LogP contribution is -2.36. The average Bonchev–Trinajstić information content (AvgIpc) is 2.86. The van der Waals surface area contributed by atoms with Crippen molar-refractivity contribution in [1.29, 1.82) is 0 Å². The van der Waals surface area contributed by atoms with Crippen molar-refractivity contribution >= 4 is 35.1 Å². The highest BCUT2D eigenvalue weighted by atomic mass is 19.1. The van der Waals surface area contributed by atoms with Crippen LogP contribution in [0.5, 0.6) is 0 Å². The maximum atomic E-state index is 14.1. The van der Waals surface area contributed by atoms with Crippen LogP contribution in [0.2, 0.25) is 0 Å². The molecule has 1 saturated heterocycles. The summed E-state index contributed by atoms with van der Waals surface area (Å²) >= 11 is 0. The van der Waals surface area contributed by atoms with Crippen LogP contribution in [-0.2, 0) is 4.74 Å². The second-order valence-corrected chi connectivity index (χ2v) is 7.65. The van der Waals surface area contributed by atoms with Crippen LogP contribution >= 0.6 is 0 Å². The molecule has 3 aromatic rings. The number of nitrogens with one attached hydrogen (secondary N) is 2. The van der Waals surface area contributed by atoms with Gasteiger partial charge in [0, 0.05) is 41.2 Å². The Labute approximate surface area is 196 Å². The van der Waals surface area contributed by atoms with Gasteiger partial charge in [-0.3, -0.25) is 15.0 Å². The molecule has 34 heavy (non-hydrogen) atoms. The number of carbonyl (C=O) groups is 2. The van der Waals surface area contributed by atoms with Crippen molar-refractivity contribution < 1.29 is 18.7 Å². The van der Waals surface area contributed by atoms with Crippen LogP contribution in [0.15, 0.2) is 71.8 Å². The second-order valence-electron chi connectivity index (χ2n) is 7.65. The normalized spacial score (nSPS) is 13.6. The molecule has 0 spiro atoms. The first-order chi connectivity index (χ1) is 16.5. The van der Waals surface area contributed by atoms with Crippen LogP contribution in [0.4, 0.5) is 21.5 Å². The molecule has 0 bridgehead atoms. The largest absolute Gasteiger partial charge is 0.378 e. The second kappa shape index (κ2) is 10.6. The number of hydrogen-bond donors (Lipinski definition) is 3. The lowest BCUT2D eigenvalue weighted by molar-refractivity contribution is 0.0997. The third kappa shape index (κ3) is 5.76. The highest BCUT2D eigenvalue weighted by Gasteiger charge is 2.12. The highest BCUT2D eigenvalue weighted by Crippen LogP contribution is 2.20. The van der Waals surface area contributed by atoms with Gasteiger partial charge in [-0.05, 0) is 60.7 Å². The molecule has 1 heterocycles. The Morgan fingerprint density at radius 3 is 2.44 bits per heavy atom. The van der Waals surface area contributed by atoms with Crippen molar-refractivity contribution in [2.75, 3.05) is 41.9 Å². The number of ether oxygens (including phenoxy) is 1. The molecule has 174 valence electrons. The molecule has 0 unspecified atom stereocenters. The van der Waals surface area contributed by atoms with Crippen molar-refractivity contribution in [2.24, 2.45) is 10.8 Å². The van der Waals surface area contributed by atoms with E-state index in [4.69, 9.17) is 10.5 Å². The number of rotatable bonds is 7. The van der Waals surface area contributed by atoms with Gasteiger partial charge >= 0.3 is 0 Å². The van der Waals surface area contributed by atoms with Crippen molar-refractivity contribution in [2.45, 2.75) is 0 Å². The predicted molar refractivity (Wildman–Crippen MR) is 130 cm³/mol. The Hall–Kier alpha value is -4.24. The Kier molecular flexibility index (Phi) is 7.14. The molecule has 0 atom stereocenters. The standard InChI is InChI=1S/C25H24FN5O3/c26-23-15-17(24(27)32)4-5-19(23)16-28-30-21-3-1-2-18(14-21)25(33)29-20-6-8-22(9-7-20)31-10-12-34-13-11-31/h1-9,14-16,30H,10-13H2,(H2,27,32)(H,29,33)/b28-16+. The molecule has 2 amide bonds. The molecule has 0 radical (unpaired) electrons. The minimum atomic E-state index is -0.705. The van der Waals surface area contributed by atoms with E-state index in [0.29, 0.717) is 30.2 Å². The summed E-state index contributed by atoms with van der Waals surface area (Å²) in [4.78, 5) is 26.0. The van der Waals surface area contributed by atoms with E-state index < -0.39 is 11.7 Å². The van der Waals surface area contributed by atoms with E-state index in [9.17, 15) is 14.0 Å². The summed E-state index contributed by atoms with van der Waals surface area (Å²) in [6.45, 7) is 3.12. The van der Waals surface area contributed by atoms with Gasteiger partial charge in [0.05, 0.1) is 25.1 Å². The Bertz CT molecular complexity index is 1210. The fourth-order valence-electron chi connectivity index (χ4n) is 3.47. The van der Waals surface area contributed by atoms with E-state index in [1.807, 2.05) is 24.3 Å². The maximum Gasteiger partial charge on any atom is 0.255 e. The van der Waals surface area contributed by atoms with Crippen LogP contribution in [0.25, 0.3) is 0 Å². The summed E-state index contributed by atoms with van der Waals surface area (Å²) < 4.78 is 19.4. The Morgan fingerprint density at radius 2 is 1.74 bits per heavy atom. The molecule has 0 saturated carbocycles. The summed E-state index contributed by atoms with van der Waals surface area (Å²) in [7, 11) is 0. The summed E-state index contributed by atoms with van der Waals surface area (Å²) in [6.07, 6.45) is 1.28. The first-order valence-corrected chi connectivity index (χ1v) is 10.7. The highest BCUT2D eigenvalue weighted by molar-refractivity contribution is 6.04. The number of anilines is 3. The maximum absolute atomic E-state index is 14.1. The molecule has 4 N–H and O–H groups in total. The zero-order valence-electron chi connectivity index (χ0n) is 18.3. The number of nitrogens with zero attached hydrogens (tertiary/aromatic N) is 2. The molecule has 0 aliphatic carbocycles. The monoisotopic (exact) mass is 461 g/mol. The van der Waals surface area contributed by atoms with Crippen molar-refractivity contribution in [3.05, 3.63) is 89.2 Å². The molecule has 3 aromatic carbocycles. The number of primary amides is 1. The Morgan fingerprint density at radius 1 is 0.971 bits per heavy atom. The van der Waals surface area contributed by atoms with Gasteiger partial charge in [-0.1, -0.05) is 6.07 Å². The molecule has 8 nitrogen and oxygen atoms in total. The smallest absolute Gasteiger partial charge is 0.255 e. The van der Waals surface area contributed by atoms with E-state index in [1.165, 1.54) is 18.3 Å². The van der Waals surface area contributed by atoms with Gasteiger partial charge in [0.2, 0.25) is 5.91 Å². The number of amides is 2. The van der Waals surface area contributed by atoms with Crippen molar-refractivity contribution in [3.8, 4) is 0 Å². The summed E-state index contributed by atoms with van der Waals surface area (Å²) in [5.74, 6) is -1.59. The van der Waals surface area contributed by atoms with Crippen molar-refractivity contribution in [1.82, 2.24) is 0 Å². The van der Waals surface area contributed by atoms with Gasteiger partial charge in [0.15, 0.2) is 0 Å². The van der Waals surface area contributed by atoms with Gasteiger partial charge in [-0.15, -0.1) is 0 Å². The minimum absolute atomic E-state index is 0.0806. The molecule has 1 fully saturated rings. The lowest BCUT2D eigenvalue weighted by atomic mass is 10.1. The number of carbonyl (C=O) groups excluding carboxylic acids is 2. The van der Waals surface area contributed by atoms with E-state index in [-0.39, 0.29) is 17.0 Å². The molecular formula is C25H24FN5O3. The van der Waals surface area contributed by atoms with Gasteiger partial charge < -0.3 is 20.7 Å². The quantitative estimate of drug-likeness (QED) is 0.369. The molecular weight excluding hydrogens is 437 g/mol. The number of halogens is 1. The Balaban J connectivity index is 1.36. The van der Waals surface area contributed by atoms with Crippen molar-refractivity contribution in [3.63, 3.8) is 0 Å². The van der Waals surface area contributed by atoms with Gasteiger partial charge in [0.25, 0.3) is 5.91 Å². The van der Waals surface area contributed by atoms with Crippen LogP contribution in [0, 0.1) is 5.82 Å². The topological polar surface area (TPSA) is 109 Å². The van der Waals surface area contributed by atoms with Gasteiger partial charge in [-0.2, -0.15) is 5.10 Å². The van der Waals surface area contributed by atoms with E-state index in [1.54, 1.807) is 24.3 Å². The third-order valence-corrected chi connectivity index (χ3v) is 5.31. The van der Waals surface area contributed by atoms with E-state index in [0.717, 1.165) is 24.8 Å².